The third-order valence-electron chi connectivity index (χ3n) is 4.07. The Morgan fingerprint density at radius 1 is 1.47 bits per heavy atom. The summed E-state index contributed by atoms with van der Waals surface area (Å²) in [6.07, 6.45) is 6.53. The lowest BCUT2D eigenvalue weighted by Crippen LogP contribution is -2.19. The number of rotatable bonds is 4. The smallest absolute Gasteiger partial charge is 0.119 e. The molecule has 1 aromatic rings. The normalized spacial score (nSPS) is 20.9. The molecule has 100 valence electrons. The Balaban J connectivity index is 2.27. The van der Waals surface area contributed by atoms with Gasteiger partial charge in [-0.05, 0) is 61.3 Å². The van der Waals surface area contributed by atoms with Gasteiger partial charge in [-0.3, -0.25) is 0 Å². The molecule has 0 saturated heterocycles. The minimum absolute atomic E-state index is 0.563. The quantitative estimate of drug-likeness (QED) is 0.574. The van der Waals surface area contributed by atoms with Gasteiger partial charge in [0.2, 0.25) is 0 Å². The summed E-state index contributed by atoms with van der Waals surface area (Å²) in [6.45, 7) is 5.92. The average molecular weight is 254 g/mol. The zero-order chi connectivity index (χ0) is 13.7. The molecule has 0 amide bonds. The second-order valence-electron chi connectivity index (χ2n) is 5.07. The Morgan fingerprint density at radius 2 is 2.32 bits per heavy atom. The lowest BCUT2D eigenvalue weighted by atomic mass is 9.73. The largest absolute Gasteiger partial charge is 0.497 e. The number of benzene rings is 1. The second kappa shape index (κ2) is 6.48. The van der Waals surface area contributed by atoms with Crippen molar-refractivity contribution >= 4 is 0 Å². The standard InChI is InChI=1S/C18H22O/c1-4-6-7-8-17-14(5-2)9-10-15-13-16(19-3)11-12-18(15)17/h5,11-14,17H,2,7-10H2,1,3H3/t14-,17+/m0/s1. The Labute approximate surface area is 116 Å². The maximum absolute atomic E-state index is 5.32. The number of hydrogen-bond donors (Lipinski definition) is 0. The fraction of sp³-hybridized carbons (Fsp3) is 0.444. The molecule has 0 unspecified atom stereocenters. The molecule has 2 atom stereocenters. The summed E-state index contributed by atoms with van der Waals surface area (Å²) < 4.78 is 5.32. The molecule has 0 radical (unpaired) electrons. The molecular weight excluding hydrogens is 232 g/mol. The van der Waals surface area contributed by atoms with Gasteiger partial charge in [0, 0.05) is 6.42 Å². The van der Waals surface area contributed by atoms with E-state index >= 15 is 0 Å². The number of fused-ring (bicyclic) bond motifs is 1. The average Bonchev–Trinajstić information content (AvgIpc) is 2.46. The molecule has 0 bridgehead atoms. The summed E-state index contributed by atoms with van der Waals surface area (Å²) in [6, 6.07) is 6.49. The zero-order valence-corrected chi connectivity index (χ0v) is 11.9. The molecule has 1 aliphatic carbocycles. The fourth-order valence-electron chi connectivity index (χ4n) is 3.05. The fourth-order valence-corrected chi connectivity index (χ4v) is 3.05. The molecular formula is C18H22O. The molecule has 1 aromatic carbocycles. The molecule has 0 spiro atoms. The number of aryl methyl sites for hydroxylation is 1. The number of allylic oxidation sites excluding steroid dienone is 1. The minimum Gasteiger partial charge on any atom is -0.497 e. The topological polar surface area (TPSA) is 9.23 Å². The van der Waals surface area contributed by atoms with E-state index in [0.29, 0.717) is 11.8 Å². The van der Waals surface area contributed by atoms with Crippen LogP contribution in [0.3, 0.4) is 0 Å². The van der Waals surface area contributed by atoms with Gasteiger partial charge in [-0.15, -0.1) is 18.4 Å². The van der Waals surface area contributed by atoms with Crippen LogP contribution in [0, 0.1) is 17.8 Å². The molecule has 0 N–H and O–H groups in total. The highest BCUT2D eigenvalue weighted by Crippen LogP contribution is 2.40. The number of ether oxygens (including phenoxy) is 1. The maximum atomic E-state index is 5.32. The van der Waals surface area contributed by atoms with Crippen LogP contribution in [0.25, 0.3) is 0 Å². The van der Waals surface area contributed by atoms with Gasteiger partial charge in [0.25, 0.3) is 0 Å². The van der Waals surface area contributed by atoms with Crippen molar-refractivity contribution < 1.29 is 4.74 Å². The first-order chi connectivity index (χ1) is 9.30. The van der Waals surface area contributed by atoms with Crippen molar-refractivity contribution in [3.05, 3.63) is 42.0 Å². The van der Waals surface area contributed by atoms with Crippen molar-refractivity contribution in [3.63, 3.8) is 0 Å². The van der Waals surface area contributed by atoms with Crippen LogP contribution in [-0.4, -0.2) is 7.11 Å². The monoisotopic (exact) mass is 254 g/mol. The zero-order valence-electron chi connectivity index (χ0n) is 11.9. The first kappa shape index (κ1) is 13.7. The van der Waals surface area contributed by atoms with Crippen LogP contribution in [0.1, 0.15) is 43.2 Å². The van der Waals surface area contributed by atoms with Crippen molar-refractivity contribution in [2.45, 2.75) is 38.5 Å². The predicted octanol–water partition coefficient (Wildman–Crippen LogP) is 4.33. The molecule has 19 heavy (non-hydrogen) atoms. The van der Waals surface area contributed by atoms with Crippen LogP contribution in [0.5, 0.6) is 5.75 Å². The first-order valence-electron chi connectivity index (χ1n) is 6.99. The van der Waals surface area contributed by atoms with Gasteiger partial charge < -0.3 is 4.74 Å². The summed E-state index contributed by atoms with van der Waals surface area (Å²) in [7, 11) is 1.73. The van der Waals surface area contributed by atoms with E-state index in [4.69, 9.17) is 4.74 Å². The van der Waals surface area contributed by atoms with Crippen LogP contribution >= 0.6 is 0 Å². The molecule has 2 rings (SSSR count). The minimum atomic E-state index is 0.563. The Hall–Kier alpha value is -1.68. The highest BCUT2D eigenvalue weighted by atomic mass is 16.5. The van der Waals surface area contributed by atoms with Crippen LogP contribution in [-0.2, 0) is 6.42 Å². The van der Waals surface area contributed by atoms with Crippen LogP contribution in [0.2, 0.25) is 0 Å². The molecule has 0 fully saturated rings. The van der Waals surface area contributed by atoms with Gasteiger partial charge >= 0.3 is 0 Å². The van der Waals surface area contributed by atoms with E-state index in [9.17, 15) is 0 Å². The van der Waals surface area contributed by atoms with E-state index in [0.717, 1.165) is 25.0 Å². The van der Waals surface area contributed by atoms with Crippen molar-refractivity contribution in [1.82, 2.24) is 0 Å². The molecule has 1 heteroatoms. The van der Waals surface area contributed by atoms with Gasteiger partial charge in [0.1, 0.15) is 5.75 Å². The van der Waals surface area contributed by atoms with E-state index in [1.165, 1.54) is 17.5 Å². The third-order valence-corrected chi connectivity index (χ3v) is 4.07. The molecule has 0 heterocycles. The summed E-state index contributed by atoms with van der Waals surface area (Å²) in [4.78, 5) is 0. The highest BCUT2D eigenvalue weighted by molar-refractivity contribution is 5.40. The van der Waals surface area contributed by atoms with Crippen LogP contribution in [0.15, 0.2) is 30.9 Å². The van der Waals surface area contributed by atoms with Crippen molar-refractivity contribution in [2.24, 2.45) is 5.92 Å². The Bertz CT molecular complexity index is 504. The van der Waals surface area contributed by atoms with Crippen molar-refractivity contribution in [1.29, 1.82) is 0 Å². The van der Waals surface area contributed by atoms with E-state index in [1.54, 1.807) is 7.11 Å². The molecule has 1 aliphatic rings. The van der Waals surface area contributed by atoms with Gasteiger partial charge in [0.15, 0.2) is 0 Å². The second-order valence-corrected chi connectivity index (χ2v) is 5.07. The Morgan fingerprint density at radius 3 is 3.00 bits per heavy atom. The first-order valence-corrected chi connectivity index (χ1v) is 6.99. The molecule has 0 saturated carbocycles. The lowest BCUT2D eigenvalue weighted by molar-refractivity contribution is 0.405. The van der Waals surface area contributed by atoms with Gasteiger partial charge in [-0.2, -0.15) is 0 Å². The van der Waals surface area contributed by atoms with Crippen LogP contribution < -0.4 is 4.74 Å². The van der Waals surface area contributed by atoms with Crippen LogP contribution in [0.4, 0.5) is 0 Å². The van der Waals surface area contributed by atoms with E-state index < -0.39 is 0 Å². The molecule has 0 aliphatic heterocycles. The summed E-state index contributed by atoms with van der Waals surface area (Å²) in [5, 5.41) is 0. The van der Waals surface area contributed by atoms with Crippen molar-refractivity contribution in [3.8, 4) is 17.6 Å². The van der Waals surface area contributed by atoms with Gasteiger partial charge in [-0.1, -0.05) is 12.1 Å². The number of methoxy groups -OCH3 is 1. The number of hydrogen-bond acceptors (Lipinski definition) is 1. The predicted molar refractivity (Wildman–Crippen MR) is 80.4 cm³/mol. The third kappa shape index (κ3) is 3.01. The van der Waals surface area contributed by atoms with Gasteiger partial charge in [0.05, 0.1) is 7.11 Å². The van der Waals surface area contributed by atoms with E-state index in [2.05, 4.69) is 42.7 Å². The molecule has 1 nitrogen and oxygen atoms in total. The van der Waals surface area contributed by atoms with Gasteiger partial charge in [-0.25, -0.2) is 0 Å². The van der Waals surface area contributed by atoms with Crippen molar-refractivity contribution in [2.75, 3.05) is 7.11 Å². The SMILES string of the molecule is C=C[C@H]1CCc2cc(OC)ccc2[C@@H]1CCC#CC. The lowest BCUT2D eigenvalue weighted by Gasteiger charge is -2.32. The van der Waals surface area contributed by atoms with E-state index in [-0.39, 0.29) is 0 Å². The summed E-state index contributed by atoms with van der Waals surface area (Å²) in [5.41, 5.74) is 2.90. The molecule has 0 aromatic heterocycles. The summed E-state index contributed by atoms with van der Waals surface area (Å²) in [5.74, 6) is 8.28. The maximum Gasteiger partial charge on any atom is 0.119 e. The summed E-state index contributed by atoms with van der Waals surface area (Å²) >= 11 is 0. The van der Waals surface area contributed by atoms with E-state index in [1.807, 2.05) is 6.92 Å². The highest BCUT2D eigenvalue weighted by Gasteiger charge is 2.27. The Kier molecular flexibility index (Phi) is 4.68.